The Kier molecular flexibility index (Phi) is 5.56. The summed E-state index contributed by atoms with van der Waals surface area (Å²) in [6, 6.07) is 5.05. The monoisotopic (exact) mass is 361 g/mol. The van der Waals surface area contributed by atoms with Gasteiger partial charge in [-0.2, -0.15) is 0 Å². The summed E-state index contributed by atoms with van der Waals surface area (Å²) in [5, 5.41) is 6.11. The van der Waals surface area contributed by atoms with Crippen molar-refractivity contribution in [1.29, 1.82) is 0 Å². The number of carbonyl (C=O) groups is 2. The van der Waals surface area contributed by atoms with Gasteiger partial charge < -0.3 is 15.0 Å². The number of rotatable bonds is 5. The Hall–Kier alpha value is -2.52. The van der Waals surface area contributed by atoms with Crippen molar-refractivity contribution in [3.8, 4) is 0 Å². The molecule has 0 unspecified atom stereocenters. The summed E-state index contributed by atoms with van der Waals surface area (Å²) in [4.78, 5) is 35.5. The Morgan fingerprint density at radius 1 is 1.40 bits per heavy atom. The van der Waals surface area contributed by atoms with Crippen molar-refractivity contribution in [1.82, 2.24) is 20.2 Å². The molecule has 3 heterocycles. The number of carbonyl (C=O) groups excluding carboxylic acids is 2. The fourth-order valence-electron chi connectivity index (χ4n) is 2.45. The van der Waals surface area contributed by atoms with E-state index < -0.39 is 0 Å². The van der Waals surface area contributed by atoms with Crippen molar-refractivity contribution in [3.05, 3.63) is 40.7 Å². The fraction of sp³-hybridized carbons (Fsp3) is 0.375. The Bertz CT molecular complexity index is 749. The van der Waals surface area contributed by atoms with Gasteiger partial charge in [0.1, 0.15) is 5.69 Å². The highest BCUT2D eigenvalue weighted by molar-refractivity contribution is 7.15. The number of ether oxygens (including phenoxy) is 1. The van der Waals surface area contributed by atoms with E-state index in [0.29, 0.717) is 43.5 Å². The van der Waals surface area contributed by atoms with E-state index in [-0.39, 0.29) is 11.9 Å². The summed E-state index contributed by atoms with van der Waals surface area (Å²) in [5.74, 6) is -0.291. The third-order valence-corrected chi connectivity index (χ3v) is 4.72. The van der Waals surface area contributed by atoms with E-state index in [4.69, 9.17) is 4.74 Å². The standard InChI is InChI=1S/C16H19N5O3S/c1-24-9-7-18-16(23)21-8-5-11-13(10-21)25-15(19-11)20-14(22)12-4-2-3-6-17-12/h2-4,6H,5,7-10H2,1H3,(H,18,23)(H,19,20,22). The molecule has 3 amide bonds. The number of hydrogen-bond acceptors (Lipinski definition) is 6. The van der Waals surface area contributed by atoms with Gasteiger partial charge in [0.15, 0.2) is 5.13 Å². The molecule has 0 aromatic carbocycles. The number of urea groups is 1. The lowest BCUT2D eigenvalue weighted by Crippen LogP contribution is -2.43. The van der Waals surface area contributed by atoms with Crippen LogP contribution >= 0.6 is 11.3 Å². The molecule has 0 saturated carbocycles. The number of amides is 3. The molecule has 2 aromatic rings. The molecule has 132 valence electrons. The van der Waals surface area contributed by atoms with Crippen molar-refractivity contribution < 1.29 is 14.3 Å². The van der Waals surface area contributed by atoms with Crippen LogP contribution in [0.25, 0.3) is 0 Å². The maximum Gasteiger partial charge on any atom is 0.317 e. The molecule has 0 spiro atoms. The Morgan fingerprint density at radius 3 is 3.04 bits per heavy atom. The van der Waals surface area contributed by atoms with Gasteiger partial charge in [-0.1, -0.05) is 17.4 Å². The highest BCUT2D eigenvalue weighted by atomic mass is 32.1. The molecule has 0 bridgehead atoms. The largest absolute Gasteiger partial charge is 0.383 e. The van der Waals surface area contributed by atoms with Crippen LogP contribution in [0.15, 0.2) is 24.4 Å². The minimum atomic E-state index is -0.291. The smallest absolute Gasteiger partial charge is 0.317 e. The maximum atomic E-state index is 12.2. The average Bonchev–Trinajstić information content (AvgIpc) is 3.03. The summed E-state index contributed by atoms with van der Waals surface area (Å²) >= 11 is 1.39. The molecule has 2 aromatic heterocycles. The summed E-state index contributed by atoms with van der Waals surface area (Å²) in [5.41, 5.74) is 1.28. The minimum Gasteiger partial charge on any atom is -0.383 e. The predicted molar refractivity (Wildman–Crippen MR) is 93.7 cm³/mol. The number of anilines is 1. The first-order valence-electron chi connectivity index (χ1n) is 7.90. The highest BCUT2D eigenvalue weighted by Crippen LogP contribution is 2.28. The SMILES string of the molecule is COCCNC(=O)N1CCc2nc(NC(=O)c3ccccn3)sc2C1. The van der Waals surface area contributed by atoms with E-state index in [0.717, 1.165) is 10.6 Å². The van der Waals surface area contributed by atoms with Crippen LogP contribution in [0.4, 0.5) is 9.93 Å². The van der Waals surface area contributed by atoms with Crippen molar-refractivity contribution in [2.24, 2.45) is 0 Å². The van der Waals surface area contributed by atoms with Crippen LogP contribution < -0.4 is 10.6 Å². The molecule has 9 heteroatoms. The lowest BCUT2D eigenvalue weighted by molar-refractivity contribution is 0.102. The topological polar surface area (TPSA) is 96.5 Å². The molecule has 0 radical (unpaired) electrons. The quantitative estimate of drug-likeness (QED) is 0.787. The number of nitrogens with one attached hydrogen (secondary N) is 2. The van der Waals surface area contributed by atoms with Crippen molar-refractivity contribution in [3.63, 3.8) is 0 Å². The van der Waals surface area contributed by atoms with Crippen LogP contribution in [0, 0.1) is 0 Å². The van der Waals surface area contributed by atoms with Crippen molar-refractivity contribution in [2.75, 3.05) is 32.1 Å². The molecule has 1 aliphatic heterocycles. The number of nitrogens with zero attached hydrogens (tertiary/aromatic N) is 3. The van der Waals surface area contributed by atoms with Gasteiger partial charge in [0.25, 0.3) is 5.91 Å². The number of thiazole rings is 1. The van der Waals surface area contributed by atoms with Crippen molar-refractivity contribution >= 4 is 28.4 Å². The minimum absolute atomic E-state index is 0.116. The Labute approximate surface area is 149 Å². The number of pyridine rings is 1. The predicted octanol–water partition coefficient (Wildman–Crippen LogP) is 1.50. The zero-order valence-corrected chi connectivity index (χ0v) is 14.6. The van der Waals surface area contributed by atoms with Gasteiger partial charge in [-0.15, -0.1) is 0 Å². The van der Waals surface area contributed by atoms with Crippen LogP contribution in [-0.2, 0) is 17.7 Å². The third kappa shape index (κ3) is 4.31. The van der Waals surface area contributed by atoms with Gasteiger partial charge in [-0.3, -0.25) is 15.1 Å². The van der Waals surface area contributed by atoms with Gasteiger partial charge in [0.2, 0.25) is 0 Å². The van der Waals surface area contributed by atoms with E-state index in [1.54, 1.807) is 36.4 Å². The molecule has 0 saturated heterocycles. The first-order valence-corrected chi connectivity index (χ1v) is 8.71. The molecular formula is C16H19N5O3S. The zero-order chi connectivity index (χ0) is 17.6. The fourth-order valence-corrected chi connectivity index (χ4v) is 3.47. The van der Waals surface area contributed by atoms with E-state index >= 15 is 0 Å². The van der Waals surface area contributed by atoms with Gasteiger partial charge in [-0.25, -0.2) is 9.78 Å². The number of fused-ring (bicyclic) bond motifs is 1. The van der Waals surface area contributed by atoms with Crippen LogP contribution in [0.1, 0.15) is 21.1 Å². The highest BCUT2D eigenvalue weighted by Gasteiger charge is 2.24. The number of aromatic nitrogens is 2. The molecule has 2 N–H and O–H groups in total. The third-order valence-electron chi connectivity index (χ3n) is 3.72. The lowest BCUT2D eigenvalue weighted by atomic mass is 10.2. The average molecular weight is 361 g/mol. The number of methoxy groups -OCH3 is 1. The first kappa shape index (κ1) is 17.3. The second-order valence-corrected chi connectivity index (χ2v) is 6.54. The molecule has 8 nitrogen and oxygen atoms in total. The summed E-state index contributed by atoms with van der Waals surface area (Å²) in [6.45, 7) is 2.05. The van der Waals surface area contributed by atoms with E-state index in [9.17, 15) is 9.59 Å². The molecule has 1 aliphatic rings. The molecule has 3 rings (SSSR count). The molecular weight excluding hydrogens is 342 g/mol. The van der Waals surface area contributed by atoms with Gasteiger partial charge in [0, 0.05) is 37.7 Å². The van der Waals surface area contributed by atoms with Gasteiger partial charge in [-0.05, 0) is 12.1 Å². The number of hydrogen-bond donors (Lipinski definition) is 2. The van der Waals surface area contributed by atoms with Crippen LogP contribution in [0.2, 0.25) is 0 Å². The second kappa shape index (κ2) is 8.04. The van der Waals surface area contributed by atoms with E-state index in [1.165, 1.54) is 11.3 Å². The second-order valence-electron chi connectivity index (χ2n) is 5.45. The zero-order valence-electron chi connectivity index (χ0n) is 13.8. The van der Waals surface area contributed by atoms with Crippen LogP contribution in [0.3, 0.4) is 0 Å². The van der Waals surface area contributed by atoms with Crippen LogP contribution in [0.5, 0.6) is 0 Å². The summed E-state index contributed by atoms with van der Waals surface area (Å²) in [7, 11) is 1.59. The van der Waals surface area contributed by atoms with E-state index in [1.807, 2.05) is 0 Å². The maximum absolute atomic E-state index is 12.2. The van der Waals surface area contributed by atoms with Gasteiger partial charge in [0.05, 0.1) is 18.8 Å². The summed E-state index contributed by atoms with van der Waals surface area (Å²) in [6.07, 6.45) is 2.24. The molecule has 0 aliphatic carbocycles. The first-order chi connectivity index (χ1) is 12.2. The molecule has 25 heavy (non-hydrogen) atoms. The normalized spacial score (nSPS) is 13.2. The Balaban J connectivity index is 1.61. The van der Waals surface area contributed by atoms with Crippen molar-refractivity contribution in [2.45, 2.75) is 13.0 Å². The Morgan fingerprint density at radius 2 is 2.28 bits per heavy atom. The molecule has 0 atom stereocenters. The summed E-state index contributed by atoms with van der Waals surface area (Å²) < 4.78 is 4.93. The van der Waals surface area contributed by atoms with Crippen LogP contribution in [-0.4, -0.2) is 53.6 Å². The lowest BCUT2D eigenvalue weighted by Gasteiger charge is -2.26. The molecule has 0 fully saturated rings. The van der Waals surface area contributed by atoms with E-state index in [2.05, 4.69) is 20.6 Å². The van der Waals surface area contributed by atoms with Gasteiger partial charge >= 0.3 is 6.03 Å².